The van der Waals surface area contributed by atoms with Crippen LogP contribution < -0.4 is 9.47 Å². The molecular weight excluding hydrogens is 498 g/mol. The molecule has 0 atom stereocenters. The molecular formula is C28H26ClNO3S2. The fraction of sp³-hybridized carbons (Fsp3) is 0.214. The average Bonchev–Trinajstić information content (AvgIpc) is 3.10. The number of aryl methyl sites for hydroxylation is 2. The van der Waals surface area contributed by atoms with Crippen LogP contribution in [-0.4, -0.2) is 28.3 Å². The fourth-order valence-corrected chi connectivity index (χ4v) is 4.97. The number of hydrogen-bond acceptors (Lipinski definition) is 5. The topological polar surface area (TPSA) is 38.8 Å². The van der Waals surface area contributed by atoms with Gasteiger partial charge in [0.25, 0.3) is 5.91 Å². The number of thiocarbonyl (C=S) groups is 1. The van der Waals surface area contributed by atoms with Crippen LogP contribution in [0.5, 0.6) is 11.5 Å². The number of rotatable bonds is 9. The first-order valence-electron chi connectivity index (χ1n) is 11.3. The number of benzene rings is 3. The van der Waals surface area contributed by atoms with Gasteiger partial charge in [-0.25, -0.2) is 0 Å². The van der Waals surface area contributed by atoms with Gasteiger partial charge in [-0.05, 0) is 66.9 Å². The lowest BCUT2D eigenvalue weighted by Crippen LogP contribution is -2.27. The molecule has 7 heteroatoms. The molecule has 1 amide bonds. The molecule has 1 aliphatic heterocycles. The monoisotopic (exact) mass is 523 g/mol. The summed E-state index contributed by atoms with van der Waals surface area (Å²) in [6.45, 7) is 5.62. The lowest BCUT2D eigenvalue weighted by molar-refractivity contribution is -0.122. The Balaban J connectivity index is 1.38. The molecule has 0 saturated carbocycles. The SMILES string of the molecule is Cc1ccc(OCCCOc2ccc(Cl)cc2/C=C2\SC(=S)N(Cc3ccccc3)C2=O)cc1C. The van der Waals surface area contributed by atoms with E-state index >= 15 is 0 Å². The van der Waals surface area contributed by atoms with Crippen LogP contribution in [0.1, 0.15) is 28.7 Å². The van der Waals surface area contributed by atoms with Gasteiger partial charge in [0.15, 0.2) is 0 Å². The highest BCUT2D eigenvalue weighted by atomic mass is 35.5. The van der Waals surface area contributed by atoms with E-state index in [2.05, 4.69) is 19.9 Å². The Hall–Kier alpha value is -2.80. The zero-order valence-electron chi connectivity index (χ0n) is 19.6. The van der Waals surface area contributed by atoms with Crippen molar-refractivity contribution in [2.24, 2.45) is 0 Å². The van der Waals surface area contributed by atoms with E-state index in [1.807, 2.05) is 48.5 Å². The lowest BCUT2D eigenvalue weighted by Gasteiger charge is -2.14. The summed E-state index contributed by atoms with van der Waals surface area (Å²) in [6, 6.07) is 21.3. The molecule has 1 heterocycles. The molecule has 0 N–H and O–H groups in total. The van der Waals surface area contributed by atoms with E-state index in [0.717, 1.165) is 16.9 Å². The predicted molar refractivity (Wildman–Crippen MR) is 148 cm³/mol. The molecule has 1 aliphatic rings. The predicted octanol–water partition coefficient (Wildman–Crippen LogP) is 7.21. The lowest BCUT2D eigenvalue weighted by atomic mass is 10.1. The number of amides is 1. The molecule has 0 unspecified atom stereocenters. The number of ether oxygens (including phenoxy) is 2. The Morgan fingerprint density at radius 2 is 1.74 bits per heavy atom. The Morgan fingerprint density at radius 3 is 2.51 bits per heavy atom. The summed E-state index contributed by atoms with van der Waals surface area (Å²) >= 11 is 13.0. The van der Waals surface area contributed by atoms with Gasteiger partial charge >= 0.3 is 0 Å². The highest BCUT2D eigenvalue weighted by Crippen LogP contribution is 2.36. The van der Waals surface area contributed by atoms with Gasteiger partial charge in [-0.2, -0.15) is 0 Å². The van der Waals surface area contributed by atoms with Crippen LogP contribution in [0.25, 0.3) is 6.08 Å². The molecule has 0 bridgehead atoms. The van der Waals surface area contributed by atoms with E-state index < -0.39 is 0 Å². The van der Waals surface area contributed by atoms with Crippen molar-refractivity contribution in [3.05, 3.63) is 98.9 Å². The van der Waals surface area contributed by atoms with Gasteiger partial charge < -0.3 is 9.47 Å². The molecule has 0 aliphatic carbocycles. The van der Waals surface area contributed by atoms with Crippen LogP contribution >= 0.6 is 35.6 Å². The largest absolute Gasteiger partial charge is 0.493 e. The summed E-state index contributed by atoms with van der Waals surface area (Å²) in [5, 5.41) is 0.571. The van der Waals surface area contributed by atoms with Crippen LogP contribution in [0.4, 0.5) is 0 Å². The number of nitrogens with zero attached hydrogens (tertiary/aromatic N) is 1. The van der Waals surface area contributed by atoms with Gasteiger partial charge in [0.1, 0.15) is 15.8 Å². The second kappa shape index (κ2) is 11.8. The number of thioether (sulfide) groups is 1. The summed E-state index contributed by atoms with van der Waals surface area (Å²) in [6.07, 6.45) is 2.52. The van der Waals surface area contributed by atoms with Crippen LogP contribution in [-0.2, 0) is 11.3 Å². The van der Waals surface area contributed by atoms with Crippen molar-refractivity contribution in [2.75, 3.05) is 13.2 Å². The minimum absolute atomic E-state index is 0.114. The Bertz CT molecular complexity index is 1260. The maximum atomic E-state index is 13.1. The van der Waals surface area contributed by atoms with Gasteiger partial charge in [-0.1, -0.05) is 72.0 Å². The van der Waals surface area contributed by atoms with Crippen LogP contribution in [0, 0.1) is 13.8 Å². The van der Waals surface area contributed by atoms with E-state index in [9.17, 15) is 4.79 Å². The van der Waals surface area contributed by atoms with Gasteiger partial charge in [-0.3, -0.25) is 9.69 Å². The normalized spacial score (nSPS) is 14.6. The second-order valence-electron chi connectivity index (χ2n) is 8.23. The van der Waals surface area contributed by atoms with E-state index in [0.29, 0.717) is 46.2 Å². The molecule has 4 rings (SSSR count). The molecule has 35 heavy (non-hydrogen) atoms. The highest BCUT2D eigenvalue weighted by Gasteiger charge is 2.32. The van der Waals surface area contributed by atoms with Crippen molar-refractivity contribution in [3.8, 4) is 11.5 Å². The Kier molecular flexibility index (Phi) is 8.50. The summed E-state index contributed by atoms with van der Waals surface area (Å²) < 4.78 is 12.4. The van der Waals surface area contributed by atoms with Crippen molar-refractivity contribution in [1.82, 2.24) is 4.90 Å². The van der Waals surface area contributed by atoms with Gasteiger partial charge in [0.2, 0.25) is 0 Å². The third kappa shape index (κ3) is 6.66. The van der Waals surface area contributed by atoms with Gasteiger partial charge in [-0.15, -0.1) is 0 Å². The summed E-state index contributed by atoms with van der Waals surface area (Å²) in [4.78, 5) is 15.2. The highest BCUT2D eigenvalue weighted by molar-refractivity contribution is 8.26. The maximum absolute atomic E-state index is 13.1. The third-order valence-electron chi connectivity index (χ3n) is 5.61. The molecule has 3 aromatic carbocycles. The molecule has 1 saturated heterocycles. The third-order valence-corrected chi connectivity index (χ3v) is 7.22. The molecule has 1 fully saturated rings. The van der Waals surface area contributed by atoms with E-state index in [1.165, 1.54) is 22.9 Å². The fourth-order valence-electron chi connectivity index (χ4n) is 3.54. The van der Waals surface area contributed by atoms with Crippen molar-refractivity contribution in [2.45, 2.75) is 26.8 Å². The van der Waals surface area contributed by atoms with E-state index in [-0.39, 0.29) is 5.91 Å². The second-order valence-corrected chi connectivity index (χ2v) is 10.3. The molecule has 3 aromatic rings. The Morgan fingerprint density at radius 1 is 0.971 bits per heavy atom. The molecule has 0 radical (unpaired) electrons. The molecule has 180 valence electrons. The Labute approximate surface area is 220 Å². The zero-order chi connectivity index (χ0) is 24.8. The smallest absolute Gasteiger partial charge is 0.266 e. The first kappa shape index (κ1) is 25.3. The first-order valence-corrected chi connectivity index (χ1v) is 12.9. The number of carbonyl (C=O) groups is 1. The van der Waals surface area contributed by atoms with E-state index in [1.54, 1.807) is 23.1 Å². The average molecular weight is 524 g/mol. The summed E-state index contributed by atoms with van der Waals surface area (Å²) in [5.41, 5.74) is 4.22. The van der Waals surface area contributed by atoms with Crippen LogP contribution in [0.2, 0.25) is 5.02 Å². The first-order chi connectivity index (χ1) is 16.9. The zero-order valence-corrected chi connectivity index (χ0v) is 22.0. The number of carbonyl (C=O) groups excluding carboxylic acids is 1. The van der Waals surface area contributed by atoms with E-state index in [4.69, 9.17) is 33.3 Å². The summed E-state index contributed by atoms with van der Waals surface area (Å²) in [5.74, 6) is 1.41. The minimum atomic E-state index is -0.114. The number of halogens is 1. The summed E-state index contributed by atoms with van der Waals surface area (Å²) in [7, 11) is 0. The van der Waals surface area contributed by atoms with Crippen LogP contribution in [0.3, 0.4) is 0 Å². The van der Waals surface area contributed by atoms with Crippen molar-refractivity contribution in [1.29, 1.82) is 0 Å². The standard InChI is InChI=1S/C28H26ClNO3S2/c1-19-9-11-24(15-20(19)2)32-13-6-14-33-25-12-10-23(29)16-22(25)17-26-27(31)30(28(34)35-26)18-21-7-4-3-5-8-21/h3-5,7-12,15-17H,6,13-14,18H2,1-2H3/b26-17-. The number of hydrogen-bond donors (Lipinski definition) is 0. The van der Waals surface area contributed by atoms with Crippen molar-refractivity contribution >= 4 is 51.9 Å². The van der Waals surface area contributed by atoms with Crippen molar-refractivity contribution in [3.63, 3.8) is 0 Å². The van der Waals surface area contributed by atoms with Crippen molar-refractivity contribution < 1.29 is 14.3 Å². The van der Waals surface area contributed by atoms with Gasteiger partial charge in [0.05, 0.1) is 24.7 Å². The minimum Gasteiger partial charge on any atom is -0.493 e. The van der Waals surface area contributed by atoms with Crippen LogP contribution in [0.15, 0.2) is 71.6 Å². The molecule has 0 aromatic heterocycles. The quantitative estimate of drug-likeness (QED) is 0.168. The molecule has 4 nitrogen and oxygen atoms in total. The van der Waals surface area contributed by atoms with Gasteiger partial charge in [0, 0.05) is 17.0 Å². The molecule has 0 spiro atoms. The maximum Gasteiger partial charge on any atom is 0.266 e.